The Bertz CT molecular complexity index is 442. The van der Waals surface area contributed by atoms with Gasteiger partial charge in [-0.1, -0.05) is 36.5 Å². The van der Waals surface area contributed by atoms with Crippen LogP contribution in [0.3, 0.4) is 0 Å². The number of carbonyl (C=O) groups is 1. The lowest BCUT2D eigenvalue weighted by molar-refractivity contribution is 0.0874. The SMILES string of the molecule is Cc1cc(C)cc(C(=O)NC2(CN)CCCCC2)c1. The summed E-state index contributed by atoms with van der Waals surface area (Å²) in [5.74, 6) is 0.0131. The Morgan fingerprint density at radius 2 is 1.74 bits per heavy atom. The van der Waals surface area contributed by atoms with E-state index in [2.05, 4.69) is 11.4 Å². The van der Waals surface area contributed by atoms with Gasteiger partial charge in [0.1, 0.15) is 0 Å². The average molecular weight is 260 g/mol. The second-order valence-electron chi connectivity index (χ2n) is 5.88. The molecular formula is C16H24N2O. The van der Waals surface area contributed by atoms with Gasteiger partial charge in [-0.2, -0.15) is 0 Å². The molecule has 3 nitrogen and oxygen atoms in total. The lowest BCUT2D eigenvalue weighted by Gasteiger charge is -2.37. The maximum atomic E-state index is 12.4. The fraction of sp³-hybridized carbons (Fsp3) is 0.562. The van der Waals surface area contributed by atoms with E-state index < -0.39 is 0 Å². The van der Waals surface area contributed by atoms with Crippen LogP contribution in [0.5, 0.6) is 0 Å². The Labute approximate surface area is 115 Å². The highest BCUT2D eigenvalue weighted by Crippen LogP contribution is 2.27. The molecule has 0 aromatic heterocycles. The molecule has 1 fully saturated rings. The number of carbonyl (C=O) groups excluding carboxylic acids is 1. The topological polar surface area (TPSA) is 55.1 Å². The second-order valence-corrected chi connectivity index (χ2v) is 5.88. The maximum absolute atomic E-state index is 12.4. The van der Waals surface area contributed by atoms with Crippen LogP contribution in [0.25, 0.3) is 0 Å². The van der Waals surface area contributed by atoms with E-state index in [1.165, 1.54) is 6.42 Å². The van der Waals surface area contributed by atoms with Crippen molar-refractivity contribution in [2.75, 3.05) is 6.54 Å². The highest BCUT2D eigenvalue weighted by Gasteiger charge is 2.32. The van der Waals surface area contributed by atoms with Gasteiger partial charge >= 0.3 is 0 Å². The van der Waals surface area contributed by atoms with E-state index in [-0.39, 0.29) is 11.4 Å². The third-order valence-corrected chi connectivity index (χ3v) is 4.06. The van der Waals surface area contributed by atoms with Gasteiger partial charge < -0.3 is 11.1 Å². The Balaban J connectivity index is 2.15. The molecule has 0 spiro atoms. The standard InChI is InChI=1S/C16H24N2O/c1-12-8-13(2)10-14(9-12)15(19)18-16(11-17)6-4-3-5-7-16/h8-10H,3-7,11,17H2,1-2H3,(H,18,19). The molecule has 1 aromatic carbocycles. The normalized spacial score (nSPS) is 18.1. The van der Waals surface area contributed by atoms with Crippen molar-refractivity contribution in [2.24, 2.45) is 5.73 Å². The highest BCUT2D eigenvalue weighted by molar-refractivity contribution is 5.95. The van der Waals surface area contributed by atoms with Gasteiger partial charge in [-0.05, 0) is 38.8 Å². The predicted octanol–water partition coefficient (Wildman–Crippen LogP) is 2.69. The van der Waals surface area contributed by atoms with Gasteiger partial charge in [0.2, 0.25) is 0 Å². The van der Waals surface area contributed by atoms with Crippen molar-refractivity contribution in [2.45, 2.75) is 51.5 Å². The van der Waals surface area contributed by atoms with Gasteiger partial charge in [0.05, 0.1) is 5.54 Å². The number of benzene rings is 1. The summed E-state index contributed by atoms with van der Waals surface area (Å²) in [5, 5.41) is 3.19. The summed E-state index contributed by atoms with van der Waals surface area (Å²) in [4.78, 5) is 12.4. The van der Waals surface area contributed by atoms with Crippen LogP contribution in [0.2, 0.25) is 0 Å². The molecule has 0 heterocycles. The first-order chi connectivity index (χ1) is 9.04. The molecular weight excluding hydrogens is 236 g/mol. The third kappa shape index (κ3) is 3.35. The predicted molar refractivity (Wildman–Crippen MR) is 78.3 cm³/mol. The van der Waals surface area contributed by atoms with Crippen LogP contribution in [-0.4, -0.2) is 18.0 Å². The molecule has 1 aliphatic rings. The van der Waals surface area contributed by atoms with E-state index in [1.54, 1.807) is 0 Å². The molecule has 104 valence electrons. The van der Waals surface area contributed by atoms with E-state index in [0.717, 1.165) is 42.4 Å². The lowest BCUT2D eigenvalue weighted by Crippen LogP contribution is -2.54. The maximum Gasteiger partial charge on any atom is 0.251 e. The monoisotopic (exact) mass is 260 g/mol. The fourth-order valence-corrected chi connectivity index (χ4v) is 3.03. The van der Waals surface area contributed by atoms with Crippen LogP contribution in [0.15, 0.2) is 18.2 Å². The molecule has 1 amide bonds. The van der Waals surface area contributed by atoms with Crippen LogP contribution >= 0.6 is 0 Å². The molecule has 0 aliphatic heterocycles. The zero-order chi connectivity index (χ0) is 13.9. The summed E-state index contributed by atoms with van der Waals surface area (Å²) >= 11 is 0. The highest BCUT2D eigenvalue weighted by atomic mass is 16.1. The molecule has 0 bridgehead atoms. The molecule has 1 aliphatic carbocycles. The molecule has 3 N–H and O–H groups in total. The molecule has 19 heavy (non-hydrogen) atoms. The summed E-state index contributed by atoms with van der Waals surface area (Å²) in [6, 6.07) is 5.96. The number of amides is 1. The molecule has 0 atom stereocenters. The second kappa shape index (κ2) is 5.74. The molecule has 0 radical (unpaired) electrons. The Hall–Kier alpha value is -1.35. The number of hydrogen-bond donors (Lipinski definition) is 2. The average Bonchev–Trinajstić information content (AvgIpc) is 2.38. The first-order valence-corrected chi connectivity index (χ1v) is 7.16. The van der Waals surface area contributed by atoms with Crippen LogP contribution in [0, 0.1) is 13.8 Å². The summed E-state index contributed by atoms with van der Waals surface area (Å²) in [7, 11) is 0. The number of aryl methyl sites for hydroxylation is 2. The van der Waals surface area contributed by atoms with Crippen LogP contribution in [0.1, 0.15) is 53.6 Å². The van der Waals surface area contributed by atoms with Crippen molar-refractivity contribution in [1.82, 2.24) is 5.32 Å². The van der Waals surface area contributed by atoms with Gasteiger partial charge in [0.15, 0.2) is 0 Å². The van der Waals surface area contributed by atoms with Gasteiger partial charge in [-0.15, -0.1) is 0 Å². The van der Waals surface area contributed by atoms with Gasteiger partial charge in [0, 0.05) is 12.1 Å². The lowest BCUT2D eigenvalue weighted by atomic mass is 9.81. The molecule has 3 heteroatoms. The molecule has 0 saturated heterocycles. The van der Waals surface area contributed by atoms with E-state index in [0.29, 0.717) is 6.54 Å². The van der Waals surface area contributed by atoms with Crippen molar-refractivity contribution < 1.29 is 4.79 Å². The Morgan fingerprint density at radius 1 is 1.16 bits per heavy atom. The first kappa shape index (κ1) is 14.1. The summed E-state index contributed by atoms with van der Waals surface area (Å²) in [6.45, 7) is 4.57. The smallest absolute Gasteiger partial charge is 0.251 e. The van der Waals surface area contributed by atoms with Crippen LogP contribution in [0.4, 0.5) is 0 Å². The minimum atomic E-state index is -0.188. The summed E-state index contributed by atoms with van der Waals surface area (Å²) in [6.07, 6.45) is 5.57. The van der Waals surface area contributed by atoms with E-state index >= 15 is 0 Å². The molecule has 2 rings (SSSR count). The van der Waals surface area contributed by atoms with Crippen molar-refractivity contribution >= 4 is 5.91 Å². The fourth-order valence-electron chi connectivity index (χ4n) is 3.03. The number of rotatable bonds is 3. The van der Waals surface area contributed by atoms with E-state index in [1.807, 2.05) is 26.0 Å². The van der Waals surface area contributed by atoms with Crippen molar-refractivity contribution in [3.8, 4) is 0 Å². The zero-order valence-electron chi connectivity index (χ0n) is 12.0. The van der Waals surface area contributed by atoms with Gasteiger partial charge in [-0.3, -0.25) is 4.79 Å². The van der Waals surface area contributed by atoms with E-state index in [4.69, 9.17) is 5.73 Å². The van der Waals surface area contributed by atoms with E-state index in [9.17, 15) is 4.79 Å². The minimum Gasteiger partial charge on any atom is -0.345 e. The number of nitrogens with one attached hydrogen (secondary N) is 1. The molecule has 1 aromatic rings. The summed E-state index contributed by atoms with van der Waals surface area (Å²) in [5.41, 5.74) is 8.71. The third-order valence-electron chi connectivity index (χ3n) is 4.06. The number of nitrogens with two attached hydrogens (primary N) is 1. The van der Waals surface area contributed by atoms with Crippen molar-refractivity contribution in [3.05, 3.63) is 34.9 Å². The van der Waals surface area contributed by atoms with Crippen molar-refractivity contribution in [1.29, 1.82) is 0 Å². The summed E-state index contributed by atoms with van der Waals surface area (Å²) < 4.78 is 0. The quantitative estimate of drug-likeness (QED) is 0.878. The largest absolute Gasteiger partial charge is 0.345 e. The Morgan fingerprint density at radius 3 is 2.26 bits per heavy atom. The molecule has 0 unspecified atom stereocenters. The zero-order valence-corrected chi connectivity index (χ0v) is 12.0. The van der Waals surface area contributed by atoms with Crippen molar-refractivity contribution in [3.63, 3.8) is 0 Å². The van der Waals surface area contributed by atoms with Gasteiger partial charge in [0.25, 0.3) is 5.91 Å². The molecule has 1 saturated carbocycles. The first-order valence-electron chi connectivity index (χ1n) is 7.16. The minimum absolute atomic E-state index is 0.0131. The number of hydrogen-bond acceptors (Lipinski definition) is 2. The van der Waals surface area contributed by atoms with Crippen LogP contribution in [-0.2, 0) is 0 Å². The Kier molecular flexibility index (Phi) is 4.25. The van der Waals surface area contributed by atoms with Crippen LogP contribution < -0.4 is 11.1 Å². The van der Waals surface area contributed by atoms with Gasteiger partial charge in [-0.25, -0.2) is 0 Å².